The van der Waals surface area contributed by atoms with Gasteiger partial charge in [-0.15, -0.1) is 0 Å². The average molecular weight is 322 g/mol. The predicted molar refractivity (Wildman–Crippen MR) is 67.5 cm³/mol. The number of hydrogen-bond acceptors (Lipinski definition) is 3. The number of hydrogen-bond donors (Lipinski definition) is 1. The molecule has 0 aliphatic carbocycles. The zero-order chi connectivity index (χ0) is 11.4. The molecule has 3 nitrogen and oxygen atoms in total. The number of aliphatic hydroxyl groups excluding tert-OH is 1. The molecule has 0 saturated heterocycles. The van der Waals surface area contributed by atoms with Crippen LogP contribution in [0.3, 0.4) is 0 Å². The summed E-state index contributed by atoms with van der Waals surface area (Å²) >= 11 is 2.17. The summed E-state index contributed by atoms with van der Waals surface area (Å²) in [4.78, 5) is 0. The highest BCUT2D eigenvalue weighted by Crippen LogP contribution is 2.30. The summed E-state index contributed by atoms with van der Waals surface area (Å²) in [5.74, 6) is 1.52. The third-order valence-electron chi connectivity index (χ3n) is 2.14. The molecular formula is C11H15IO3. The molecule has 15 heavy (non-hydrogen) atoms. The Morgan fingerprint density at radius 2 is 1.87 bits per heavy atom. The van der Waals surface area contributed by atoms with Crippen molar-refractivity contribution in [2.24, 2.45) is 0 Å². The highest BCUT2D eigenvalue weighted by atomic mass is 127. The lowest BCUT2D eigenvalue weighted by molar-refractivity contribution is 0.0597. The minimum absolute atomic E-state index is 0.231. The average Bonchev–Trinajstić information content (AvgIpc) is 2.21. The van der Waals surface area contributed by atoms with Crippen molar-refractivity contribution in [3.05, 3.63) is 21.8 Å². The molecule has 0 bridgehead atoms. The third-order valence-corrected chi connectivity index (χ3v) is 3.20. The second-order valence-corrected chi connectivity index (χ2v) is 4.41. The molecule has 1 aromatic rings. The van der Waals surface area contributed by atoms with Crippen LogP contribution in [0.2, 0.25) is 0 Å². The largest absolute Gasteiger partial charge is 0.496 e. The summed E-state index contributed by atoms with van der Waals surface area (Å²) in [6.45, 7) is 3.54. The van der Waals surface area contributed by atoms with Gasteiger partial charge in [0.2, 0.25) is 0 Å². The lowest BCUT2D eigenvalue weighted by Gasteiger charge is -2.18. The van der Waals surface area contributed by atoms with Gasteiger partial charge in [-0.05, 0) is 48.6 Å². The van der Waals surface area contributed by atoms with Crippen molar-refractivity contribution in [3.8, 4) is 11.5 Å². The molecule has 0 radical (unpaired) electrons. The molecule has 0 aliphatic rings. The molecule has 0 aromatic heterocycles. The van der Waals surface area contributed by atoms with Crippen molar-refractivity contribution in [3.63, 3.8) is 0 Å². The molecule has 1 aromatic carbocycles. The van der Waals surface area contributed by atoms with E-state index in [1.807, 2.05) is 25.1 Å². The Balaban J connectivity index is 2.86. The summed E-state index contributed by atoms with van der Waals surface area (Å²) in [7, 11) is 1.62. The van der Waals surface area contributed by atoms with E-state index >= 15 is 0 Å². The summed E-state index contributed by atoms with van der Waals surface area (Å²) in [5.41, 5.74) is 0. The van der Waals surface area contributed by atoms with Gasteiger partial charge < -0.3 is 14.6 Å². The first kappa shape index (κ1) is 12.6. The Bertz CT molecular complexity index is 326. The van der Waals surface area contributed by atoms with Crippen LogP contribution in [-0.2, 0) is 0 Å². The van der Waals surface area contributed by atoms with E-state index in [9.17, 15) is 5.11 Å². The van der Waals surface area contributed by atoms with Gasteiger partial charge in [-0.1, -0.05) is 6.07 Å². The maximum Gasteiger partial charge on any atom is 0.136 e. The van der Waals surface area contributed by atoms with Crippen LogP contribution >= 0.6 is 22.6 Å². The fraction of sp³-hybridized carbons (Fsp3) is 0.455. The number of benzene rings is 1. The molecule has 2 atom stereocenters. The molecule has 0 fully saturated rings. The maximum atomic E-state index is 9.34. The van der Waals surface area contributed by atoms with Gasteiger partial charge in [-0.2, -0.15) is 0 Å². The molecule has 0 unspecified atom stereocenters. The van der Waals surface area contributed by atoms with Crippen LogP contribution in [0.25, 0.3) is 0 Å². The zero-order valence-corrected chi connectivity index (χ0v) is 11.2. The van der Waals surface area contributed by atoms with Crippen molar-refractivity contribution in [2.75, 3.05) is 7.11 Å². The van der Waals surface area contributed by atoms with Gasteiger partial charge in [0, 0.05) is 0 Å². The highest BCUT2D eigenvalue weighted by molar-refractivity contribution is 14.1. The lowest BCUT2D eigenvalue weighted by atomic mass is 10.2. The second-order valence-electron chi connectivity index (χ2n) is 3.34. The molecular weight excluding hydrogens is 307 g/mol. The molecule has 1 N–H and O–H groups in total. The first-order valence-corrected chi connectivity index (χ1v) is 5.81. The Kier molecular flexibility index (Phi) is 4.66. The minimum Gasteiger partial charge on any atom is -0.496 e. The second kappa shape index (κ2) is 5.55. The Morgan fingerprint density at radius 1 is 1.27 bits per heavy atom. The summed E-state index contributed by atoms with van der Waals surface area (Å²) < 4.78 is 11.7. The van der Waals surface area contributed by atoms with E-state index in [1.165, 1.54) is 0 Å². The molecule has 4 heteroatoms. The zero-order valence-electron chi connectivity index (χ0n) is 9.03. The van der Waals surface area contributed by atoms with Gasteiger partial charge in [-0.25, -0.2) is 0 Å². The van der Waals surface area contributed by atoms with E-state index in [1.54, 1.807) is 14.0 Å². The SMILES string of the molecule is COc1cccc(O[C@H](C)[C@H](C)O)c1I. The van der Waals surface area contributed by atoms with Gasteiger partial charge in [0.05, 0.1) is 16.8 Å². The first-order valence-electron chi connectivity index (χ1n) is 4.73. The van der Waals surface area contributed by atoms with Crippen molar-refractivity contribution in [1.82, 2.24) is 0 Å². The fourth-order valence-electron chi connectivity index (χ4n) is 1.04. The molecule has 0 amide bonds. The maximum absolute atomic E-state index is 9.34. The smallest absolute Gasteiger partial charge is 0.136 e. The topological polar surface area (TPSA) is 38.7 Å². The van der Waals surface area contributed by atoms with Crippen molar-refractivity contribution >= 4 is 22.6 Å². The van der Waals surface area contributed by atoms with Gasteiger partial charge in [-0.3, -0.25) is 0 Å². The van der Waals surface area contributed by atoms with Crippen LogP contribution in [0.1, 0.15) is 13.8 Å². The normalized spacial score (nSPS) is 14.5. The van der Waals surface area contributed by atoms with E-state index in [-0.39, 0.29) is 6.10 Å². The van der Waals surface area contributed by atoms with E-state index in [0.717, 1.165) is 15.1 Å². The fourth-order valence-corrected chi connectivity index (χ4v) is 1.74. The molecule has 84 valence electrons. The lowest BCUT2D eigenvalue weighted by Crippen LogP contribution is -2.25. The van der Waals surface area contributed by atoms with Crippen molar-refractivity contribution in [1.29, 1.82) is 0 Å². The van der Waals surface area contributed by atoms with Crippen molar-refractivity contribution < 1.29 is 14.6 Å². The molecule has 0 spiro atoms. The third kappa shape index (κ3) is 3.24. The monoisotopic (exact) mass is 322 g/mol. The van der Waals surface area contributed by atoms with Crippen LogP contribution in [-0.4, -0.2) is 24.4 Å². The first-order chi connectivity index (χ1) is 7.06. The number of ether oxygens (including phenoxy) is 2. The minimum atomic E-state index is -0.494. The van der Waals surface area contributed by atoms with E-state index in [4.69, 9.17) is 9.47 Å². The van der Waals surface area contributed by atoms with Gasteiger partial charge >= 0.3 is 0 Å². The van der Waals surface area contributed by atoms with Crippen LogP contribution in [0.5, 0.6) is 11.5 Å². The summed E-state index contributed by atoms with van der Waals surface area (Å²) in [6.07, 6.45) is -0.724. The van der Waals surface area contributed by atoms with Crippen LogP contribution < -0.4 is 9.47 Å². The molecule has 1 rings (SSSR count). The van der Waals surface area contributed by atoms with Crippen LogP contribution in [0, 0.1) is 3.57 Å². The Hall–Kier alpha value is -0.490. The van der Waals surface area contributed by atoms with Gasteiger partial charge in [0.15, 0.2) is 0 Å². The molecule has 0 aliphatic heterocycles. The predicted octanol–water partition coefficient (Wildman–Crippen LogP) is 2.45. The molecule has 0 heterocycles. The number of halogens is 1. The van der Waals surface area contributed by atoms with E-state index in [2.05, 4.69) is 22.6 Å². The van der Waals surface area contributed by atoms with Gasteiger partial charge in [0.1, 0.15) is 17.6 Å². The quantitative estimate of drug-likeness (QED) is 0.866. The Morgan fingerprint density at radius 3 is 2.40 bits per heavy atom. The van der Waals surface area contributed by atoms with E-state index < -0.39 is 6.10 Å². The highest BCUT2D eigenvalue weighted by Gasteiger charge is 2.13. The number of aliphatic hydroxyl groups is 1. The summed E-state index contributed by atoms with van der Waals surface area (Å²) in [5, 5.41) is 9.34. The number of methoxy groups -OCH3 is 1. The van der Waals surface area contributed by atoms with Crippen molar-refractivity contribution in [2.45, 2.75) is 26.1 Å². The molecule has 0 saturated carbocycles. The standard InChI is InChI=1S/C11H15IO3/c1-7(13)8(2)15-10-6-4-5-9(14-3)11(10)12/h4-8,13H,1-3H3/t7-,8+/m0/s1. The number of rotatable bonds is 4. The van der Waals surface area contributed by atoms with Crippen LogP contribution in [0.15, 0.2) is 18.2 Å². The van der Waals surface area contributed by atoms with Gasteiger partial charge in [0.25, 0.3) is 0 Å². The van der Waals surface area contributed by atoms with Crippen LogP contribution in [0.4, 0.5) is 0 Å². The summed E-state index contributed by atoms with van der Waals surface area (Å²) in [6, 6.07) is 5.61. The van der Waals surface area contributed by atoms with E-state index in [0.29, 0.717) is 0 Å². The Labute approximate surface area is 104 Å².